The minimum absolute atomic E-state index is 0.0376. The largest absolute Gasteiger partial charge is 0.326 e. The summed E-state index contributed by atoms with van der Waals surface area (Å²) < 4.78 is 0. The van der Waals surface area contributed by atoms with Crippen LogP contribution in [0.1, 0.15) is 19.4 Å². The Bertz CT molecular complexity index is 293. The molecule has 1 amide bonds. The van der Waals surface area contributed by atoms with Gasteiger partial charge < -0.3 is 10.6 Å². The SMILES string of the molecule is CCNCc1ccc(NC(C)=O)cc1. The quantitative estimate of drug-likeness (QED) is 0.763. The maximum Gasteiger partial charge on any atom is 0.221 e. The minimum Gasteiger partial charge on any atom is -0.326 e. The number of carbonyl (C=O) groups is 1. The molecule has 0 aliphatic rings. The second-order valence-electron chi connectivity index (χ2n) is 3.16. The predicted octanol–water partition coefficient (Wildman–Crippen LogP) is 1.75. The predicted molar refractivity (Wildman–Crippen MR) is 58.1 cm³/mol. The number of hydrogen-bond acceptors (Lipinski definition) is 2. The lowest BCUT2D eigenvalue weighted by Crippen LogP contribution is -2.11. The molecule has 0 bridgehead atoms. The van der Waals surface area contributed by atoms with E-state index in [0.29, 0.717) is 0 Å². The smallest absolute Gasteiger partial charge is 0.221 e. The van der Waals surface area contributed by atoms with Crippen molar-refractivity contribution in [1.82, 2.24) is 5.32 Å². The number of amides is 1. The van der Waals surface area contributed by atoms with Crippen molar-refractivity contribution >= 4 is 11.6 Å². The molecule has 0 unspecified atom stereocenters. The molecule has 0 radical (unpaired) electrons. The first kappa shape index (κ1) is 10.7. The van der Waals surface area contributed by atoms with Crippen LogP contribution in [0, 0.1) is 0 Å². The van der Waals surface area contributed by atoms with Crippen molar-refractivity contribution in [3.8, 4) is 0 Å². The second kappa shape index (κ2) is 5.40. The summed E-state index contributed by atoms with van der Waals surface area (Å²) in [5.41, 5.74) is 2.07. The Morgan fingerprint density at radius 1 is 1.29 bits per heavy atom. The van der Waals surface area contributed by atoms with Crippen LogP contribution >= 0.6 is 0 Å². The van der Waals surface area contributed by atoms with Gasteiger partial charge in [-0.25, -0.2) is 0 Å². The highest BCUT2D eigenvalue weighted by Gasteiger charge is 1.95. The summed E-state index contributed by atoms with van der Waals surface area (Å²) in [5, 5.41) is 5.97. The molecular formula is C11H16N2O. The molecule has 0 atom stereocenters. The Hall–Kier alpha value is -1.35. The van der Waals surface area contributed by atoms with Crippen LogP contribution in [0.25, 0.3) is 0 Å². The van der Waals surface area contributed by atoms with E-state index in [9.17, 15) is 4.79 Å². The fourth-order valence-electron chi connectivity index (χ4n) is 1.18. The van der Waals surface area contributed by atoms with Gasteiger partial charge in [0.15, 0.2) is 0 Å². The maximum atomic E-state index is 10.7. The fraction of sp³-hybridized carbons (Fsp3) is 0.364. The molecule has 14 heavy (non-hydrogen) atoms. The molecule has 0 spiro atoms. The lowest BCUT2D eigenvalue weighted by atomic mass is 10.2. The molecule has 0 fully saturated rings. The molecule has 76 valence electrons. The summed E-state index contributed by atoms with van der Waals surface area (Å²) in [6, 6.07) is 7.84. The van der Waals surface area contributed by atoms with Gasteiger partial charge in [-0.2, -0.15) is 0 Å². The van der Waals surface area contributed by atoms with E-state index in [2.05, 4.69) is 17.6 Å². The number of hydrogen-bond donors (Lipinski definition) is 2. The standard InChI is InChI=1S/C11H16N2O/c1-3-12-8-10-4-6-11(7-5-10)13-9(2)14/h4-7,12H,3,8H2,1-2H3,(H,13,14). The summed E-state index contributed by atoms with van der Waals surface area (Å²) in [6.45, 7) is 5.42. The highest BCUT2D eigenvalue weighted by Crippen LogP contribution is 2.08. The third-order valence-electron chi connectivity index (χ3n) is 1.85. The molecule has 1 rings (SSSR count). The molecule has 0 heterocycles. The van der Waals surface area contributed by atoms with Crippen molar-refractivity contribution in [3.05, 3.63) is 29.8 Å². The summed E-state index contributed by atoms with van der Waals surface area (Å²) in [5.74, 6) is -0.0376. The van der Waals surface area contributed by atoms with Gasteiger partial charge in [0.05, 0.1) is 0 Å². The lowest BCUT2D eigenvalue weighted by Gasteiger charge is -2.04. The van der Waals surface area contributed by atoms with E-state index in [1.807, 2.05) is 24.3 Å². The van der Waals surface area contributed by atoms with Crippen LogP contribution in [-0.2, 0) is 11.3 Å². The van der Waals surface area contributed by atoms with Crippen LogP contribution in [0.5, 0.6) is 0 Å². The van der Waals surface area contributed by atoms with E-state index in [-0.39, 0.29) is 5.91 Å². The molecule has 3 heteroatoms. The number of nitrogens with one attached hydrogen (secondary N) is 2. The van der Waals surface area contributed by atoms with Gasteiger partial charge in [0.1, 0.15) is 0 Å². The number of carbonyl (C=O) groups excluding carboxylic acids is 1. The summed E-state index contributed by atoms with van der Waals surface area (Å²) in [7, 11) is 0. The Morgan fingerprint density at radius 3 is 2.43 bits per heavy atom. The van der Waals surface area contributed by atoms with Gasteiger partial charge in [-0.05, 0) is 24.2 Å². The normalized spacial score (nSPS) is 9.86. The molecule has 0 aromatic heterocycles. The summed E-state index contributed by atoms with van der Waals surface area (Å²) in [6.07, 6.45) is 0. The van der Waals surface area contributed by atoms with Crippen LogP contribution in [0.3, 0.4) is 0 Å². The van der Waals surface area contributed by atoms with Crippen molar-refractivity contribution in [3.63, 3.8) is 0 Å². The first-order valence-corrected chi connectivity index (χ1v) is 4.79. The maximum absolute atomic E-state index is 10.7. The van der Waals surface area contributed by atoms with E-state index in [1.54, 1.807) is 0 Å². The Balaban J connectivity index is 2.54. The topological polar surface area (TPSA) is 41.1 Å². The molecule has 0 saturated carbocycles. The molecular weight excluding hydrogens is 176 g/mol. The van der Waals surface area contributed by atoms with Crippen LogP contribution in [0.4, 0.5) is 5.69 Å². The van der Waals surface area contributed by atoms with Gasteiger partial charge >= 0.3 is 0 Å². The van der Waals surface area contributed by atoms with E-state index >= 15 is 0 Å². The van der Waals surface area contributed by atoms with E-state index < -0.39 is 0 Å². The highest BCUT2D eigenvalue weighted by molar-refractivity contribution is 5.88. The van der Waals surface area contributed by atoms with E-state index in [4.69, 9.17) is 0 Å². The van der Waals surface area contributed by atoms with Gasteiger partial charge in [0.25, 0.3) is 0 Å². The minimum atomic E-state index is -0.0376. The average Bonchev–Trinajstić information content (AvgIpc) is 2.16. The third-order valence-corrected chi connectivity index (χ3v) is 1.85. The van der Waals surface area contributed by atoms with E-state index in [0.717, 1.165) is 18.8 Å². The Kier molecular flexibility index (Phi) is 4.13. The van der Waals surface area contributed by atoms with E-state index in [1.165, 1.54) is 12.5 Å². The molecule has 2 N–H and O–H groups in total. The highest BCUT2D eigenvalue weighted by atomic mass is 16.1. The zero-order valence-electron chi connectivity index (χ0n) is 8.63. The molecule has 0 aliphatic heterocycles. The van der Waals surface area contributed by atoms with Crippen molar-refractivity contribution in [2.75, 3.05) is 11.9 Å². The molecule has 3 nitrogen and oxygen atoms in total. The first-order valence-electron chi connectivity index (χ1n) is 4.79. The van der Waals surface area contributed by atoms with Gasteiger partial charge in [-0.3, -0.25) is 4.79 Å². The number of anilines is 1. The van der Waals surface area contributed by atoms with Crippen LogP contribution in [0.2, 0.25) is 0 Å². The van der Waals surface area contributed by atoms with Crippen molar-refractivity contribution in [2.45, 2.75) is 20.4 Å². The van der Waals surface area contributed by atoms with Gasteiger partial charge in [0.2, 0.25) is 5.91 Å². The third kappa shape index (κ3) is 3.58. The van der Waals surface area contributed by atoms with Gasteiger partial charge in [0, 0.05) is 19.2 Å². The summed E-state index contributed by atoms with van der Waals surface area (Å²) in [4.78, 5) is 10.7. The van der Waals surface area contributed by atoms with Crippen LogP contribution < -0.4 is 10.6 Å². The van der Waals surface area contributed by atoms with Crippen molar-refractivity contribution < 1.29 is 4.79 Å². The number of benzene rings is 1. The fourth-order valence-corrected chi connectivity index (χ4v) is 1.18. The first-order chi connectivity index (χ1) is 6.72. The Morgan fingerprint density at radius 2 is 1.93 bits per heavy atom. The Labute approximate surface area is 84.5 Å². The van der Waals surface area contributed by atoms with Gasteiger partial charge in [-0.15, -0.1) is 0 Å². The summed E-state index contributed by atoms with van der Waals surface area (Å²) >= 11 is 0. The zero-order chi connectivity index (χ0) is 10.4. The van der Waals surface area contributed by atoms with Crippen LogP contribution in [-0.4, -0.2) is 12.5 Å². The van der Waals surface area contributed by atoms with Crippen molar-refractivity contribution in [2.24, 2.45) is 0 Å². The zero-order valence-corrected chi connectivity index (χ0v) is 8.63. The molecule has 0 saturated heterocycles. The lowest BCUT2D eigenvalue weighted by molar-refractivity contribution is -0.114. The second-order valence-corrected chi connectivity index (χ2v) is 3.16. The molecule has 1 aromatic carbocycles. The van der Waals surface area contributed by atoms with Crippen molar-refractivity contribution in [1.29, 1.82) is 0 Å². The number of rotatable bonds is 4. The molecule has 1 aromatic rings. The monoisotopic (exact) mass is 192 g/mol. The molecule has 0 aliphatic carbocycles. The average molecular weight is 192 g/mol. The van der Waals surface area contributed by atoms with Crippen LogP contribution in [0.15, 0.2) is 24.3 Å². The van der Waals surface area contributed by atoms with Gasteiger partial charge in [-0.1, -0.05) is 19.1 Å².